The molecule has 0 amide bonds. The number of para-hydroxylation sites is 1. The molecular weight excluding hydrogens is 392 g/mol. The Kier molecular flexibility index (Phi) is 13.0. The predicted octanol–water partition coefficient (Wildman–Crippen LogP) is 2.91. The first-order valence-corrected chi connectivity index (χ1v) is 11.8. The van der Waals surface area contributed by atoms with Gasteiger partial charge in [0.1, 0.15) is 12.4 Å². The third-order valence-electron chi connectivity index (χ3n) is 5.65. The minimum absolute atomic E-state index is 0.658. The Morgan fingerprint density at radius 2 is 1.90 bits per heavy atom. The van der Waals surface area contributed by atoms with Crippen LogP contribution in [0.5, 0.6) is 5.75 Å². The zero-order valence-corrected chi connectivity index (χ0v) is 19.7. The normalized spacial score (nSPS) is 15.3. The van der Waals surface area contributed by atoms with Gasteiger partial charge in [-0.15, -0.1) is 0 Å². The lowest BCUT2D eigenvalue weighted by molar-refractivity contribution is 0.0203. The standard InChI is InChI=1S/C24H42N4O3/c1-4-28(5-2)14-18-31-23-10-7-6-9-22(23)19-27-24(25-3)26-13-8-15-30-20-21-11-16-29-17-12-21/h6-7,9-10,21H,4-5,8,11-20H2,1-3H3,(H2,25,26,27). The third-order valence-corrected chi connectivity index (χ3v) is 5.65. The smallest absolute Gasteiger partial charge is 0.191 e. The maximum Gasteiger partial charge on any atom is 0.191 e. The lowest BCUT2D eigenvalue weighted by atomic mass is 10.0. The number of hydrogen-bond acceptors (Lipinski definition) is 5. The van der Waals surface area contributed by atoms with Crippen molar-refractivity contribution in [1.82, 2.24) is 15.5 Å². The van der Waals surface area contributed by atoms with Gasteiger partial charge in [0.2, 0.25) is 0 Å². The number of rotatable bonds is 14. The van der Waals surface area contributed by atoms with Crippen LogP contribution in [0.3, 0.4) is 0 Å². The Balaban J connectivity index is 1.63. The van der Waals surface area contributed by atoms with E-state index < -0.39 is 0 Å². The van der Waals surface area contributed by atoms with Gasteiger partial charge >= 0.3 is 0 Å². The van der Waals surface area contributed by atoms with E-state index in [1.807, 2.05) is 18.2 Å². The molecular formula is C24H42N4O3. The molecule has 0 saturated carbocycles. The molecule has 1 aromatic carbocycles. The Labute approximate surface area is 188 Å². The molecule has 7 nitrogen and oxygen atoms in total. The molecule has 1 aromatic rings. The lowest BCUT2D eigenvalue weighted by Crippen LogP contribution is -2.37. The van der Waals surface area contributed by atoms with E-state index in [2.05, 4.69) is 40.4 Å². The number of likely N-dealkylation sites (N-methyl/N-ethyl adjacent to an activating group) is 1. The molecule has 0 radical (unpaired) electrons. The van der Waals surface area contributed by atoms with Crippen LogP contribution < -0.4 is 15.4 Å². The largest absolute Gasteiger partial charge is 0.492 e. The highest BCUT2D eigenvalue weighted by Gasteiger charge is 2.13. The number of guanidine groups is 1. The molecule has 0 bridgehead atoms. The van der Waals surface area contributed by atoms with Crippen LogP contribution in [0.25, 0.3) is 0 Å². The van der Waals surface area contributed by atoms with Crippen molar-refractivity contribution >= 4 is 5.96 Å². The second-order valence-corrected chi connectivity index (χ2v) is 7.82. The van der Waals surface area contributed by atoms with Crippen molar-refractivity contribution in [2.24, 2.45) is 10.9 Å². The number of benzene rings is 1. The van der Waals surface area contributed by atoms with Crippen molar-refractivity contribution in [3.63, 3.8) is 0 Å². The van der Waals surface area contributed by atoms with Gasteiger partial charge in [-0.05, 0) is 44.3 Å². The topological polar surface area (TPSA) is 67.4 Å². The first-order chi connectivity index (χ1) is 15.3. The van der Waals surface area contributed by atoms with Crippen molar-refractivity contribution < 1.29 is 14.2 Å². The van der Waals surface area contributed by atoms with Gasteiger partial charge in [-0.2, -0.15) is 0 Å². The van der Waals surface area contributed by atoms with Gasteiger partial charge < -0.3 is 29.7 Å². The van der Waals surface area contributed by atoms with Crippen molar-refractivity contribution in [3.05, 3.63) is 29.8 Å². The lowest BCUT2D eigenvalue weighted by Gasteiger charge is -2.21. The van der Waals surface area contributed by atoms with E-state index in [-0.39, 0.29) is 0 Å². The average molecular weight is 435 g/mol. The molecule has 0 aliphatic carbocycles. The quantitative estimate of drug-likeness (QED) is 0.267. The molecule has 0 aromatic heterocycles. The summed E-state index contributed by atoms with van der Waals surface area (Å²) >= 11 is 0. The minimum atomic E-state index is 0.658. The van der Waals surface area contributed by atoms with E-state index in [1.165, 1.54) is 0 Å². The van der Waals surface area contributed by atoms with Crippen molar-refractivity contribution in [1.29, 1.82) is 0 Å². The molecule has 1 fully saturated rings. The summed E-state index contributed by atoms with van der Waals surface area (Å²) in [5.41, 5.74) is 1.13. The molecule has 0 atom stereocenters. The van der Waals surface area contributed by atoms with Crippen LogP contribution in [0.15, 0.2) is 29.3 Å². The minimum Gasteiger partial charge on any atom is -0.492 e. The maximum atomic E-state index is 6.05. The summed E-state index contributed by atoms with van der Waals surface area (Å²) in [4.78, 5) is 6.68. The van der Waals surface area contributed by atoms with Crippen LogP contribution >= 0.6 is 0 Å². The summed E-state index contributed by atoms with van der Waals surface area (Å²) in [5.74, 6) is 2.38. The van der Waals surface area contributed by atoms with Gasteiger partial charge in [-0.3, -0.25) is 4.99 Å². The molecule has 1 saturated heterocycles. The maximum absolute atomic E-state index is 6.05. The van der Waals surface area contributed by atoms with Crippen molar-refractivity contribution in [3.8, 4) is 5.75 Å². The highest BCUT2D eigenvalue weighted by Crippen LogP contribution is 2.17. The summed E-state index contributed by atoms with van der Waals surface area (Å²) in [6.45, 7) is 13.0. The summed E-state index contributed by atoms with van der Waals surface area (Å²) in [6, 6.07) is 8.19. The van der Waals surface area contributed by atoms with Crippen LogP contribution in [-0.2, 0) is 16.0 Å². The SMILES string of the molecule is CCN(CC)CCOc1ccccc1CNC(=NC)NCCCOCC1CCOCC1. The van der Waals surface area contributed by atoms with Crippen LogP contribution in [0.4, 0.5) is 0 Å². The van der Waals surface area contributed by atoms with E-state index in [1.54, 1.807) is 7.05 Å². The second kappa shape index (κ2) is 15.9. The average Bonchev–Trinajstić information content (AvgIpc) is 2.82. The number of hydrogen-bond donors (Lipinski definition) is 2. The van der Waals surface area contributed by atoms with Gasteiger partial charge in [0.15, 0.2) is 5.96 Å². The fourth-order valence-electron chi connectivity index (χ4n) is 3.56. The van der Waals surface area contributed by atoms with E-state index in [0.717, 1.165) is 89.1 Å². The van der Waals surface area contributed by atoms with Crippen LogP contribution in [0.2, 0.25) is 0 Å². The van der Waals surface area contributed by atoms with E-state index in [4.69, 9.17) is 14.2 Å². The summed E-state index contributed by atoms with van der Waals surface area (Å²) < 4.78 is 17.3. The summed E-state index contributed by atoms with van der Waals surface area (Å²) in [5, 5.41) is 6.75. The zero-order valence-electron chi connectivity index (χ0n) is 19.7. The molecule has 1 aliphatic heterocycles. The molecule has 1 aliphatic rings. The molecule has 31 heavy (non-hydrogen) atoms. The number of nitrogens with one attached hydrogen (secondary N) is 2. The Morgan fingerprint density at radius 1 is 1.13 bits per heavy atom. The third kappa shape index (κ3) is 10.4. The second-order valence-electron chi connectivity index (χ2n) is 7.82. The molecule has 1 heterocycles. The molecule has 0 unspecified atom stereocenters. The number of nitrogens with zero attached hydrogens (tertiary/aromatic N) is 2. The first-order valence-electron chi connectivity index (χ1n) is 11.8. The highest BCUT2D eigenvalue weighted by atomic mass is 16.5. The molecule has 2 N–H and O–H groups in total. The van der Waals surface area contributed by atoms with E-state index in [0.29, 0.717) is 19.1 Å². The van der Waals surface area contributed by atoms with Gasteiger partial charge in [-0.1, -0.05) is 32.0 Å². The van der Waals surface area contributed by atoms with Crippen LogP contribution in [0, 0.1) is 5.92 Å². The van der Waals surface area contributed by atoms with Gasteiger partial charge in [-0.25, -0.2) is 0 Å². The van der Waals surface area contributed by atoms with E-state index in [9.17, 15) is 0 Å². The Bertz CT molecular complexity index is 617. The Morgan fingerprint density at radius 3 is 2.65 bits per heavy atom. The fraction of sp³-hybridized carbons (Fsp3) is 0.708. The van der Waals surface area contributed by atoms with Crippen molar-refractivity contribution in [2.75, 3.05) is 66.3 Å². The highest BCUT2D eigenvalue weighted by molar-refractivity contribution is 5.79. The van der Waals surface area contributed by atoms with E-state index >= 15 is 0 Å². The van der Waals surface area contributed by atoms with Gasteiger partial charge in [0.05, 0.1) is 0 Å². The zero-order chi connectivity index (χ0) is 22.2. The monoisotopic (exact) mass is 434 g/mol. The van der Waals surface area contributed by atoms with Crippen LogP contribution in [-0.4, -0.2) is 77.1 Å². The first kappa shape index (κ1) is 25.4. The van der Waals surface area contributed by atoms with Crippen molar-refractivity contribution in [2.45, 2.75) is 39.7 Å². The number of ether oxygens (including phenoxy) is 3. The fourth-order valence-corrected chi connectivity index (χ4v) is 3.56. The summed E-state index contributed by atoms with van der Waals surface area (Å²) in [7, 11) is 1.80. The molecule has 7 heteroatoms. The predicted molar refractivity (Wildman–Crippen MR) is 127 cm³/mol. The van der Waals surface area contributed by atoms with Gasteiger partial charge in [0, 0.05) is 58.7 Å². The van der Waals surface area contributed by atoms with Crippen LogP contribution in [0.1, 0.15) is 38.7 Å². The molecule has 2 rings (SSSR count). The molecule has 176 valence electrons. The Hall–Kier alpha value is -1.83. The molecule has 0 spiro atoms. The summed E-state index contributed by atoms with van der Waals surface area (Å²) in [6.07, 6.45) is 3.19. The van der Waals surface area contributed by atoms with Gasteiger partial charge in [0.25, 0.3) is 0 Å². The number of aliphatic imine (C=N–C) groups is 1.